The molecule has 0 amide bonds. The molecule has 0 aliphatic carbocycles. The van der Waals surface area contributed by atoms with Crippen LogP contribution in [-0.2, 0) is 4.74 Å². The summed E-state index contributed by atoms with van der Waals surface area (Å²) in [5.41, 5.74) is 3.63. The van der Waals surface area contributed by atoms with Crippen LogP contribution in [0.15, 0.2) is 11.0 Å². The molecule has 11 nitrogen and oxygen atoms in total. The van der Waals surface area contributed by atoms with Gasteiger partial charge < -0.3 is 25.8 Å². The third kappa shape index (κ3) is 2.22. The second-order valence-corrected chi connectivity index (χ2v) is 4.19. The van der Waals surface area contributed by atoms with Gasteiger partial charge in [0.2, 0.25) is 5.82 Å². The molecule has 11 heteroatoms. The van der Waals surface area contributed by atoms with Gasteiger partial charge in [-0.1, -0.05) is 0 Å². The lowest BCUT2D eigenvalue weighted by Gasteiger charge is -2.16. The molecule has 1 saturated heterocycles. The van der Waals surface area contributed by atoms with Gasteiger partial charge in [0.25, 0.3) is 0 Å². The Morgan fingerprint density at radius 1 is 1.50 bits per heavy atom. The van der Waals surface area contributed by atoms with E-state index in [2.05, 4.69) is 4.98 Å². The normalized spacial score (nSPS) is 29.6. The maximum Gasteiger partial charge on any atom is 0.352 e. The smallest absolute Gasteiger partial charge is 0.352 e. The van der Waals surface area contributed by atoms with E-state index in [9.17, 15) is 25.1 Å². The van der Waals surface area contributed by atoms with Crippen molar-refractivity contribution in [3.05, 3.63) is 26.8 Å². The summed E-state index contributed by atoms with van der Waals surface area (Å²) in [6.45, 7) is -0.589. The summed E-state index contributed by atoms with van der Waals surface area (Å²) in [5.74, 6) is -0.567. The average molecular weight is 288 g/mol. The third-order valence-electron chi connectivity index (χ3n) is 2.95. The van der Waals surface area contributed by atoms with Crippen molar-refractivity contribution in [2.75, 3.05) is 12.3 Å². The molecule has 4 atom stereocenters. The van der Waals surface area contributed by atoms with Crippen LogP contribution >= 0.6 is 0 Å². The van der Waals surface area contributed by atoms with Crippen LogP contribution in [0, 0.1) is 10.1 Å². The fourth-order valence-corrected chi connectivity index (χ4v) is 1.90. The first-order valence-electron chi connectivity index (χ1n) is 5.52. The molecule has 20 heavy (non-hydrogen) atoms. The van der Waals surface area contributed by atoms with Crippen LogP contribution < -0.4 is 11.4 Å². The van der Waals surface area contributed by atoms with Gasteiger partial charge in [-0.3, -0.25) is 14.7 Å². The summed E-state index contributed by atoms with van der Waals surface area (Å²) < 4.78 is 5.74. The van der Waals surface area contributed by atoms with Gasteiger partial charge in [0.15, 0.2) is 6.23 Å². The lowest BCUT2D eigenvalue weighted by atomic mass is 10.1. The van der Waals surface area contributed by atoms with E-state index in [4.69, 9.17) is 15.6 Å². The van der Waals surface area contributed by atoms with E-state index >= 15 is 0 Å². The number of ether oxygens (including phenoxy) is 1. The number of anilines is 1. The lowest BCUT2D eigenvalue weighted by Crippen LogP contribution is -2.36. The van der Waals surface area contributed by atoms with E-state index in [-0.39, 0.29) is 0 Å². The van der Waals surface area contributed by atoms with Crippen LogP contribution in [0.5, 0.6) is 0 Å². The van der Waals surface area contributed by atoms with Crippen molar-refractivity contribution >= 4 is 11.5 Å². The molecule has 1 aromatic heterocycles. The zero-order valence-electron chi connectivity index (χ0n) is 9.99. The van der Waals surface area contributed by atoms with Crippen LogP contribution in [0.4, 0.5) is 11.5 Å². The van der Waals surface area contributed by atoms with E-state index in [1.54, 1.807) is 0 Å². The molecule has 1 unspecified atom stereocenters. The molecule has 5 N–H and O–H groups in total. The maximum atomic E-state index is 11.7. The second-order valence-electron chi connectivity index (χ2n) is 4.19. The third-order valence-corrected chi connectivity index (χ3v) is 2.95. The molecule has 2 rings (SSSR count). The zero-order chi connectivity index (χ0) is 15.0. The summed E-state index contributed by atoms with van der Waals surface area (Å²) >= 11 is 0. The fraction of sp³-hybridized carbons (Fsp3) is 0.556. The number of hydrogen-bond acceptors (Lipinski definition) is 9. The van der Waals surface area contributed by atoms with Crippen molar-refractivity contribution in [3.63, 3.8) is 0 Å². The quantitative estimate of drug-likeness (QED) is 0.342. The van der Waals surface area contributed by atoms with Gasteiger partial charge in [-0.2, -0.15) is 4.98 Å². The van der Waals surface area contributed by atoms with Crippen LogP contribution in [0.2, 0.25) is 0 Å². The number of hydrogen-bond donors (Lipinski definition) is 4. The van der Waals surface area contributed by atoms with Gasteiger partial charge in [0.05, 0.1) is 17.7 Å². The van der Waals surface area contributed by atoms with Crippen molar-refractivity contribution < 1.29 is 25.0 Å². The Labute approximate surface area is 111 Å². The average Bonchev–Trinajstić information content (AvgIpc) is 2.66. The van der Waals surface area contributed by atoms with Crippen molar-refractivity contribution in [3.8, 4) is 0 Å². The molecule has 0 radical (unpaired) electrons. The number of aromatic nitrogens is 2. The number of nitrogens with two attached hydrogens (primary N) is 1. The Morgan fingerprint density at radius 3 is 2.65 bits per heavy atom. The largest absolute Gasteiger partial charge is 0.394 e. The number of aliphatic hydroxyl groups is 3. The molecule has 0 aromatic carbocycles. The summed E-state index contributed by atoms with van der Waals surface area (Å²) in [6, 6.07) is 0. The first-order chi connectivity index (χ1) is 9.36. The van der Waals surface area contributed by atoms with Crippen molar-refractivity contribution in [1.29, 1.82) is 0 Å². The molecular formula is C9H12N4O7. The van der Waals surface area contributed by atoms with Crippen molar-refractivity contribution in [2.24, 2.45) is 0 Å². The number of aliphatic hydroxyl groups excluding tert-OH is 3. The topological polar surface area (TPSA) is 174 Å². The van der Waals surface area contributed by atoms with Crippen molar-refractivity contribution in [2.45, 2.75) is 24.5 Å². The van der Waals surface area contributed by atoms with E-state index in [0.717, 1.165) is 6.20 Å². The van der Waals surface area contributed by atoms with Gasteiger partial charge in [-0.05, 0) is 0 Å². The molecule has 1 fully saturated rings. The summed E-state index contributed by atoms with van der Waals surface area (Å²) in [7, 11) is 0. The highest BCUT2D eigenvalue weighted by atomic mass is 16.6. The minimum Gasteiger partial charge on any atom is -0.394 e. The molecular weight excluding hydrogens is 276 g/mol. The number of nitrogens with zero attached hydrogens (tertiary/aromatic N) is 3. The first kappa shape index (κ1) is 14.3. The minimum atomic E-state index is -1.55. The Bertz CT molecular complexity index is 588. The molecule has 110 valence electrons. The van der Waals surface area contributed by atoms with E-state index in [1.807, 2.05) is 0 Å². The van der Waals surface area contributed by atoms with Crippen LogP contribution in [-0.4, -0.2) is 54.7 Å². The summed E-state index contributed by atoms with van der Waals surface area (Å²) in [5, 5.41) is 39.0. The highest BCUT2D eigenvalue weighted by Gasteiger charge is 2.44. The van der Waals surface area contributed by atoms with E-state index < -0.39 is 53.3 Å². The Kier molecular flexibility index (Phi) is 3.67. The predicted octanol–water partition coefficient (Wildman–Crippen LogP) is -2.65. The molecule has 1 aliphatic rings. The summed E-state index contributed by atoms with van der Waals surface area (Å²) in [4.78, 5) is 24.8. The van der Waals surface area contributed by atoms with Crippen LogP contribution in [0.1, 0.15) is 6.23 Å². The lowest BCUT2D eigenvalue weighted by molar-refractivity contribution is -0.384. The van der Waals surface area contributed by atoms with Crippen molar-refractivity contribution in [1.82, 2.24) is 9.55 Å². The molecule has 0 saturated carbocycles. The standard InChI is InChI=1S/C9H12N4O7/c10-7-3(13(18)19)1-12(9(17)11-7)8-6(16)5(15)4(2-14)20-8/h1,4-6,8,14-16H,2H2,(H2,10,11,17)/t4-,5-,6-,8?/m1/s1. The number of nitro groups is 1. The summed E-state index contributed by atoms with van der Waals surface area (Å²) in [6.07, 6.45) is -4.73. The Hall–Kier alpha value is -2.08. The highest BCUT2D eigenvalue weighted by Crippen LogP contribution is 2.29. The van der Waals surface area contributed by atoms with E-state index in [0.29, 0.717) is 4.57 Å². The second kappa shape index (κ2) is 5.13. The number of nitrogen functional groups attached to an aromatic ring is 1. The molecule has 0 bridgehead atoms. The maximum absolute atomic E-state index is 11.7. The number of rotatable bonds is 3. The van der Waals surface area contributed by atoms with Crippen LogP contribution in [0.3, 0.4) is 0 Å². The molecule has 1 aromatic rings. The molecule has 0 spiro atoms. The van der Waals surface area contributed by atoms with Crippen LogP contribution in [0.25, 0.3) is 0 Å². The monoisotopic (exact) mass is 288 g/mol. The zero-order valence-corrected chi connectivity index (χ0v) is 9.99. The van der Waals surface area contributed by atoms with Gasteiger partial charge in [-0.15, -0.1) is 0 Å². The highest BCUT2D eigenvalue weighted by molar-refractivity contribution is 5.49. The molecule has 1 aliphatic heterocycles. The van der Waals surface area contributed by atoms with Gasteiger partial charge in [-0.25, -0.2) is 4.79 Å². The Balaban J connectivity index is 2.46. The van der Waals surface area contributed by atoms with Gasteiger partial charge in [0.1, 0.15) is 18.3 Å². The Morgan fingerprint density at radius 2 is 2.15 bits per heavy atom. The predicted molar refractivity (Wildman–Crippen MR) is 62.6 cm³/mol. The van der Waals surface area contributed by atoms with Gasteiger partial charge in [0, 0.05) is 0 Å². The van der Waals surface area contributed by atoms with E-state index in [1.165, 1.54) is 0 Å². The SMILES string of the molecule is Nc1nc(=O)n(C2O[C@H](CO)[C@@H](O)[C@H]2O)cc1[N+](=O)[O-]. The minimum absolute atomic E-state index is 0.567. The molecule has 2 heterocycles. The first-order valence-corrected chi connectivity index (χ1v) is 5.52. The van der Waals surface area contributed by atoms with Gasteiger partial charge >= 0.3 is 11.4 Å². The fourth-order valence-electron chi connectivity index (χ4n) is 1.90.